The third kappa shape index (κ3) is 2.54. The molecule has 0 fully saturated rings. The molecule has 5 rings (SSSR count). The minimum Gasteiger partial charge on any atom is -1.00 e. The monoisotopic (exact) mass is 382 g/mol. The smallest absolute Gasteiger partial charge is 0.256 e. The fourth-order valence-electron chi connectivity index (χ4n) is 3.67. The zero-order valence-corrected chi connectivity index (χ0v) is 14.8. The van der Waals surface area contributed by atoms with E-state index in [4.69, 9.17) is 0 Å². The molecule has 0 saturated heterocycles. The quantitative estimate of drug-likeness (QED) is 0.412. The SMILES string of the molecule is O=c1ccc2c3c(cc[n+]2Cc2ccc(F)cc2F)c2ccccc2n13.[Cl-]. The summed E-state index contributed by atoms with van der Waals surface area (Å²) in [5.41, 5.74) is 2.77. The van der Waals surface area contributed by atoms with Gasteiger partial charge < -0.3 is 12.4 Å². The third-order valence-electron chi connectivity index (χ3n) is 4.85. The molecule has 0 saturated carbocycles. The molecule has 0 atom stereocenters. The van der Waals surface area contributed by atoms with Crippen molar-refractivity contribution in [2.24, 2.45) is 0 Å². The zero-order chi connectivity index (χ0) is 17.8. The summed E-state index contributed by atoms with van der Waals surface area (Å²) in [4.78, 5) is 12.5. The van der Waals surface area contributed by atoms with E-state index in [1.807, 2.05) is 41.1 Å². The van der Waals surface area contributed by atoms with Crippen LogP contribution < -0.4 is 22.5 Å². The molecular formula is C21H13ClF2N2O. The van der Waals surface area contributed by atoms with Crippen molar-refractivity contribution in [3.8, 4) is 0 Å². The van der Waals surface area contributed by atoms with E-state index in [-0.39, 0.29) is 24.5 Å². The van der Waals surface area contributed by atoms with E-state index < -0.39 is 11.6 Å². The molecule has 27 heavy (non-hydrogen) atoms. The van der Waals surface area contributed by atoms with Crippen molar-refractivity contribution >= 4 is 27.3 Å². The molecular weight excluding hydrogens is 370 g/mol. The molecule has 0 N–H and O–H groups in total. The highest BCUT2D eigenvalue weighted by Crippen LogP contribution is 2.28. The zero-order valence-electron chi connectivity index (χ0n) is 14.0. The number of hydrogen-bond donors (Lipinski definition) is 0. The molecule has 0 spiro atoms. The summed E-state index contributed by atoms with van der Waals surface area (Å²) < 4.78 is 30.8. The van der Waals surface area contributed by atoms with Crippen molar-refractivity contribution < 1.29 is 25.8 Å². The van der Waals surface area contributed by atoms with E-state index in [9.17, 15) is 13.6 Å². The lowest BCUT2D eigenvalue weighted by Crippen LogP contribution is -3.00. The summed E-state index contributed by atoms with van der Waals surface area (Å²) in [5.74, 6) is -1.18. The van der Waals surface area contributed by atoms with E-state index in [0.29, 0.717) is 5.56 Å². The van der Waals surface area contributed by atoms with Crippen LogP contribution in [-0.4, -0.2) is 4.40 Å². The molecule has 0 amide bonds. The average Bonchev–Trinajstić information content (AvgIpc) is 2.98. The summed E-state index contributed by atoms with van der Waals surface area (Å²) >= 11 is 0. The van der Waals surface area contributed by atoms with Gasteiger partial charge in [-0.2, -0.15) is 4.57 Å². The number of pyridine rings is 2. The van der Waals surface area contributed by atoms with Crippen LogP contribution in [0.4, 0.5) is 8.78 Å². The second-order valence-electron chi connectivity index (χ2n) is 6.35. The first kappa shape index (κ1) is 17.4. The predicted molar refractivity (Wildman–Crippen MR) is 95.5 cm³/mol. The maximum atomic E-state index is 14.1. The number of hydrogen-bond acceptors (Lipinski definition) is 1. The molecule has 0 aliphatic rings. The minimum absolute atomic E-state index is 0. The maximum Gasteiger partial charge on any atom is 0.256 e. The van der Waals surface area contributed by atoms with Gasteiger partial charge in [0, 0.05) is 35.0 Å². The lowest BCUT2D eigenvalue weighted by molar-refractivity contribution is -0.662. The van der Waals surface area contributed by atoms with E-state index in [0.717, 1.165) is 33.4 Å². The summed E-state index contributed by atoms with van der Waals surface area (Å²) in [6, 6.07) is 16.5. The van der Waals surface area contributed by atoms with Gasteiger partial charge in [0.05, 0.1) is 11.1 Å². The van der Waals surface area contributed by atoms with Crippen molar-refractivity contribution in [2.45, 2.75) is 6.54 Å². The molecule has 3 heterocycles. The summed E-state index contributed by atoms with van der Waals surface area (Å²) in [5, 5.41) is 1.98. The van der Waals surface area contributed by atoms with Crippen molar-refractivity contribution in [2.75, 3.05) is 0 Å². The summed E-state index contributed by atoms with van der Waals surface area (Å²) in [6.45, 7) is 0.247. The standard InChI is InChI=1S/C21H13F2N2O.ClH/c22-14-6-5-13(17(23)11-14)12-24-10-9-16-15-3-1-2-4-18(15)25-20(26)8-7-19(24)21(16)25;/h1-11H,12H2;1H/q+1;/p-1. The summed E-state index contributed by atoms with van der Waals surface area (Å²) in [6.07, 6.45) is 1.87. The molecule has 6 heteroatoms. The van der Waals surface area contributed by atoms with Gasteiger partial charge in [-0.3, -0.25) is 9.20 Å². The van der Waals surface area contributed by atoms with Crippen molar-refractivity contribution in [3.05, 3.63) is 94.4 Å². The van der Waals surface area contributed by atoms with Gasteiger partial charge in [0.25, 0.3) is 5.56 Å². The fourth-order valence-corrected chi connectivity index (χ4v) is 3.67. The van der Waals surface area contributed by atoms with Crippen LogP contribution in [-0.2, 0) is 6.54 Å². The van der Waals surface area contributed by atoms with E-state index >= 15 is 0 Å². The molecule has 0 aliphatic heterocycles. The highest BCUT2D eigenvalue weighted by molar-refractivity contribution is 6.11. The number of para-hydroxylation sites is 1. The Bertz CT molecular complexity index is 1360. The van der Waals surface area contributed by atoms with Gasteiger partial charge in [-0.1, -0.05) is 18.2 Å². The normalized spacial score (nSPS) is 11.3. The topological polar surface area (TPSA) is 25.4 Å². The first-order valence-corrected chi connectivity index (χ1v) is 8.25. The van der Waals surface area contributed by atoms with Crippen LogP contribution in [0.1, 0.15) is 5.56 Å². The number of benzene rings is 2. The molecule has 0 radical (unpaired) electrons. The Hall–Kier alpha value is -3.05. The van der Waals surface area contributed by atoms with Crippen LogP contribution >= 0.6 is 0 Å². The van der Waals surface area contributed by atoms with E-state index in [1.165, 1.54) is 18.2 Å². The van der Waals surface area contributed by atoms with Crippen LogP contribution in [0, 0.1) is 11.6 Å². The first-order valence-electron chi connectivity index (χ1n) is 8.25. The molecule has 5 aromatic rings. The van der Waals surface area contributed by atoms with Crippen molar-refractivity contribution in [1.29, 1.82) is 0 Å². The minimum atomic E-state index is -0.598. The molecule has 134 valence electrons. The number of nitrogens with zero attached hydrogens (tertiary/aromatic N) is 2. The van der Waals surface area contributed by atoms with Gasteiger partial charge in [-0.25, -0.2) is 8.78 Å². The van der Waals surface area contributed by atoms with Gasteiger partial charge in [0.15, 0.2) is 12.7 Å². The Labute approximate surface area is 158 Å². The van der Waals surface area contributed by atoms with Crippen LogP contribution in [0.5, 0.6) is 0 Å². The molecule has 0 bridgehead atoms. The van der Waals surface area contributed by atoms with E-state index in [2.05, 4.69) is 0 Å². The van der Waals surface area contributed by atoms with Gasteiger partial charge >= 0.3 is 0 Å². The molecule has 3 nitrogen and oxygen atoms in total. The molecule has 3 aromatic heterocycles. The number of halogens is 3. The van der Waals surface area contributed by atoms with Gasteiger partial charge in [-0.15, -0.1) is 0 Å². The number of fused-ring (bicyclic) bond motifs is 3. The Balaban J connectivity index is 0.00000180. The Kier molecular flexibility index (Phi) is 4.04. The predicted octanol–water partition coefficient (Wildman–Crippen LogP) is 0.662. The second kappa shape index (κ2) is 6.28. The maximum absolute atomic E-state index is 14.1. The Morgan fingerprint density at radius 2 is 1.74 bits per heavy atom. The first-order chi connectivity index (χ1) is 12.6. The highest BCUT2D eigenvalue weighted by Gasteiger charge is 2.20. The molecule has 2 aromatic carbocycles. The third-order valence-corrected chi connectivity index (χ3v) is 4.85. The average molecular weight is 383 g/mol. The molecule has 0 aliphatic carbocycles. The van der Waals surface area contributed by atoms with Crippen molar-refractivity contribution in [3.63, 3.8) is 0 Å². The summed E-state index contributed by atoms with van der Waals surface area (Å²) in [7, 11) is 0. The largest absolute Gasteiger partial charge is 1.00 e. The number of aromatic nitrogens is 2. The Morgan fingerprint density at radius 3 is 2.56 bits per heavy atom. The van der Waals surface area contributed by atoms with E-state index in [1.54, 1.807) is 10.5 Å². The van der Waals surface area contributed by atoms with Crippen LogP contribution in [0.15, 0.2) is 71.7 Å². The van der Waals surface area contributed by atoms with Crippen molar-refractivity contribution in [1.82, 2.24) is 4.40 Å². The second-order valence-corrected chi connectivity index (χ2v) is 6.35. The highest BCUT2D eigenvalue weighted by atomic mass is 35.5. The molecule has 0 unspecified atom stereocenters. The number of rotatable bonds is 2. The van der Waals surface area contributed by atoms with Crippen LogP contribution in [0.2, 0.25) is 0 Å². The van der Waals surface area contributed by atoms with Crippen LogP contribution in [0.25, 0.3) is 27.3 Å². The van der Waals surface area contributed by atoms with Gasteiger partial charge in [-0.05, 0) is 18.2 Å². The fraction of sp³-hybridized carbons (Fsp3) is 0.0476. The van der Waals surface area contributed by atoms with Gasteiger partial charge in [0.2, 0.25) is 5.52 Å². The van der Waals surface area contributed by atoms with Gasteiger partial charge in [0.1, 0.15) is 17.2 Å². The van der Waals surface area contributed by atoms with Crippen LogP contribution in [0.3, 0.4) is 0 Å². The Morgan fingerprint density at radius 1 is 0.926 bits per heavy atom. The lowest BCUT2D eigenvalue weighted by atomic mass is 10.1. The lowest BCUT2D eigenvalue weighted by Gasteiger charge is -2.04.